The van der Waals surface area contributed by atoms with Gasteiger partial charge in [-0.25, -0.2) is 0 Å². The molecule has 70 heavy (non-hydrogen) atoms. The zero-order valence-electron chi connectivity index (χ0n) is 44.2. The van der Waals surface area contributed by atoms with Gasteiger partial charge in [-0.15, -0.1) is 22.7 Å². The van der Waals surface area contributed by atoms with Crippen molar-refractivity contribution in [3.63, 3.8) is 0 Å². The highest BCUT2D eigenvalue weighted by atomic mass is 32.1. The monoisotopic (exact) mass is 972 g/mol. The Morgan fingerprint density at radius 3 is 1.31 bits per heavy atom. The summed E-state index contributed by atoms with van der Waals surface area (Å²) in [6.45, 7) is 38.2. The summed E-state index contributed by atoms with van der Waals surface area (Å²) in [6, 6.07) is 47.3. The second-order valence-corrected chi connectivity index (χ2v) is 27.9. The second kappa shape index (κ2) is 15.4. The van der Waals surface area contributed by atoms with Gasteiger partial charge in [-0.2, -0.15) is 8.75 Å². The van der Waals surface area contributed by atoms with E-state index >= 15 is 0 Å². The lowest BCUT2D eigenvalue weighted by Gasteiger charge is -2.42. The summed E-state index contributed by atoms with van der Waals surface area (Å²) in [4.78, 5) is 5.21. The number of aromatic nitrogens is 2. The van der Waals surface area contributed by atoms with E-state index in [4.69, 9.17) is 8.75 Å². The third kappa shape index (κ3) is 6.80. The molecule has 0 N–H and O–H groups in total. The first-order chi connectivity index (χ1) is 32.7. The first-order valence-corrected chi connectivity index (χ1v) is 27.6. The number of thiophene rings is 2. The molecule has 10 aromatic rings. The molecule has 356 valence electrons. The molecule has 0 bridgehead atoms. The number of fused-ring (bicyclic) bond motifs is 4. The molecule has 0 saturated heterocycles. The van der Waals surface area contributed by atoms with Crippen molar-refractivity contribution in [1.29, 1.82) is 0 Å². The van der Waals surface area contributed by atoms with Crippen LogP contribution in [0.25, 0.3) is 75.4 Å². The van der Waals surface area contributed by atoms with E-state index in [-0.39, 0.29) is 37.9 Å². The van der Waals surface area contributed by atoms with Crippen LogP contribution in [-0.2, 0) is 37.9 Å². The van der Waals surface area contributed by atoms with Crippen LogP contribution < -0.4 is 0 Å². The van der Waals surface area contributed by atoms with Gasteiger partial charge in [0.15, 0.2) is 0 Å². The van der Waals surface area contributed by atoms with Gasteiger partial charge in [0.1, 0.15) is 11.0 Å². The Morgan fingerprint density at radius 2 is 0.814 bits per heavy atom. The van der Waals surface area contributed by atoms with Crippen LogP contribution in [0.5, 0.6) is 0 Å². The van der Waals surface area contributed by atoms with E-state index in [1.54, 1.807) is 0 Å². The smallest absolute Gasteiger partial charge is 0.114 e. The molecule has 0 unspecified atom stereocenters. The van der Waals surface area contributed by atoms with Crippen LogP contribution in [-0.4, -0.2) is 8.75 Å². The fourth-order valence-corrected chi connectivity index (χ4v) is 15.0. The van der Waals surface area contributed by atoms with E-state index in [1.807, 2.05) is 22.7 Å². The van der Waals surface area contributed by atoms with Crippen LogP contribution in [0.3, 0.4) is 0 Å². The summed E-state index contributed by atoms with van der Waals surface area (Å²) >= 11 is 5.13. The van der Waals surface area contributed by atoms with Crippen LogP contribution in [0.1, 0.15) is 154 Å². The quantitative estimate of drug-likeness (QED) is 0.142. The standard InChI is InChI=1S/C65H68N2S3/c1-59(2,3)39-21-25-41-42-26-22-40(36-50(42)61(7,8)49(41)35-39)62(9,10)64(13,14)53-33-31-51(68-53)45-27-28-46(58-57(45)66-70-67-58)52-32-34-54(69-52)65(15,16)63(11,12)48-30-20-38-17-23-43-47(60(4,5)6)29-19-37-18-24-44(48)56(38)55(37)43/h17-36H,1-16H3. The van der Waals surface area contributed by atoms with Gasteiger partial charge in [-0.05, 0) is 117 Å². The highest BCUT2D eigenvalue weighted by Gasteiger charge is 2.45. The Bertz CT molecular complexity index is 3720. The summed E-state index contributed by atoms with van der Waals surface area (Å²) in [5.74, 6) is 0. The van der Waals surface area contributed by atoms with Crippen LogP contribution >= 0.6 is 34.4 Å². The maximum Gasteiger partial charge on any atom is 0.114 e. The molecule has 7 aromatic carbocycles. The highest BCUT2D eigenvalue weighted by Crippen LogP contribution is 2.55. The molecule has 0 spiro atoms. The van der Waals surface area contributed by atoms with Gasteiger partial charge < -0.3 is 0 Å². The molecule has 3 aromatic heterocycles. The number of hydrogen-bond donors (Lipinski definition) is 0. The average molecular weight is 973 g/mol. The lowest BCUT2D eigenvalue weighted by Crippen LogP contribution is -2.40. The van der Waals surface area contributed by atoms with Crippen molar-refractivity contribution >= 4 is 77.8 Å². The molecule has 0 radical (unpaired) electrons. The largest absolute Gasteiger partial charge is 0.172 e. The summed E-state index contributed by atoms with van der Waals surface area (Å²) in [7, 11) is 0. The van der Waals surface area contributed by atoms with Gasteiger partial charge in [0, 0.05) is 52.3 Å². The molecule has 1 aliphatic rings. The van der Waals surface area contributed by atoms with Crippen LogP contribution in [0, 0.1) is 0 Å². The normalized spacial score (nSPS) is 14.7. The highest BCUT2D eigenvalue weighted by molar-refractivity contribution is 7.16. The summed E-state index contributed by atoms with van der Waals surface area (Å²) in [6.07, 6.45) is 0. The van der Waals surface area contributed by atoms with Crippen molar-refractivity contribution in [3.05, 3.63) is 164 Å². The predicted molar refractivity (Wildman–Crippen MR) is 308 cm³/mol. The molecule has 5 heteroatoms. The van der Waals surface area contributed by atoms with Gasteiger partial charge in [0.2, 0.25) is 0 Å². The Kier molecular flexibility index (Phi) is 10.4. The van der Waals surface area contributed by atoms with E-state index < -0.39 is 0 Å². The van der Waals surface area contributed by atoms with Gasteiger partial charge in [0.25, 0.3) is 0 Å². The Balaban J connectivity index is 0.894. The minimum absolute atomic E-state index is 0.0557. The van der Waals surface area contributed by atoms with Gasteiger partial charge in [-0.3, -0.25) is 0 Å². The Hall–Kier alpha value is -5.20. The van der Waals surface area contributed by atoms with Crippen molar-refractivity contribution in [2.24, 2.45) is 0 Å². The van der Waals surface area contributed by atoms with Gasteiger partial charge >= 0.3 is 0 Å². The van der Waals surface area contributed by atoms with Crippen molar-refractivity contribution in [2.75, 3.05) is 0 Å². The predicted octanol–water partition coefficient (Wildman–Crippen LogP) is 19.5. The third-order valence-electron chi connectivity index (χ3n) is 17.9. The molecular weight excluding hydrogens is 905 g/mol. The van der Waals surface area contributed by atoms with E-state index in [2.05, 4.69) is 232 Å². The van der Waals surface area contributed by atoms with Crippen LogP contribution in [0.2, 0.25) is 0 Å². The molecule has 0 amide bonds. The SMILES string of the molecule is CC(C)(C)c1ccc2c(c1)C(C)(C)c1cc(C(C)(C)C(C)(C)c3ccc(-c4ccc(-c5ccc(C(C)(C)C(C)(C)c6ccc7ccc8c(C(C)(C)C)ccc9ccc6c7c98)s5)c5nsnc45)s3)ccc1-2. The molecular formula is C65H68N2S3. The minimum atomic E-state index is -0.190. The summed E-state index contributed by atoms with van der Waals surface area (Å²) < 4.78 is 9.98. The maximum absolute atomic E-state index is 4.99. The van der Waals surface area contributed by atoms with E-state index in [0.29, 0.717) is 0 Å². The summed E-state index contributed by atoms with van der Waals surface area (Å²) in [5.41, 5.74) is 14.9. The number of benzene rings is 7. The maximum atomic E-state index is 4.99. The van der Waals surface area contributed by atoms with Gasteiger partial charge in [0.05, 0.1) is 11.7 Å². The molecule has 0 fully saturated rings. The molecule has 1 aliphatic carbocycles. The third-order valence-corrected chi connectivity index (χ3v) is 21.3. The fourth-order valence-electron chi connectivity index (χ4n) is 11.8. The number of rotatable bonds is 8. The number of nitrogens with zero attached hydrogens (tertiary/aromatic N) is 2. The zero-order valence-corrected chi connectivity index (χ0v) is 46.6. The van der Waals surface area contributed by atoms with Crippen molar-refractivity contribution < 1.29 is 0 Å². The molecule has 0 aliphatic heterocycles. The lowest BCUT2D eigenvalue weighted by atomic mass is 9.62. The van der Waals surface area contributed by atoms with E-state index in [9.17, 15) is 0 Å². The minimum Gasteiger partial charge on any atom is -0.172 e. The van der Waals surface area contributed by atoms with Crippen LogP contribution in [0.4, 0.5) is 0 Å². The van der Waals surface area contributed by atoms with E-state index in [0.717, 1.165) is 22.2 Å². The number of hydrogen-bond acceptors (Lipinski definition) is 5. The topological polar surface area (TPSA) is 25.8 Å². The molecule has 2 nitrogen and oxygen atoms in total. The van der Waals surface area contributed by atoms with Crippen molar-refractivity contribution in [2.45, 2.75) is 149 Å². The Morgan fingerprint density at radius 1 is 0.386 bits per heavy atom. The average Bonchev–Trinajstić information content (AvgIpc) is 4.14. The zero-order chi connectivity index (χ0) is 49.9. The van der Waals surface area contributed by atoms with E-state index in [1.165, 1.54) is 108 Å². The van der Waals surface area contributed by atoms with Crippen molar-refractivity contribution in [3.8, 4) is 32.0 Å². The Labute approximate surface area is 428 Å². The van der Waals surface area contributed by atoms with Gasteiger partial charge in [-0.1, -0.05) is 208 Å². The lowest BCUT2D eigenvalue weighted by molar-refractivity contribution is 0.308. The summed E-state index contributed by atoms with van der Waals surface area (Å²) in [5, 5.41) is 8.15. The first-order valence-electron chi connectivity index (χ1n) is 25.2. The first kappa shape index (κ1) is 47.1. The molecule has 0 saturated carbocycles. The second-order valence-electron chi connectivity index (χ2n) is 25.2. The molecule has 0 atom stereocenters. The fraction of sp³-hybridized carbons (Fsp3) is 0.354. The molecule has 3 heterocycles. The molecule has 11 rings (SSSR count). The van der Waals surface area contributed by atoms with Crippen molar-refractivity contribution in [1.82, 2.24) is 8.75 Å². The van der Waals surface area contributed by atoms with Crippen LogP contribution in [0.15, 0.2) is 121 Å².